The summed E-state index contributed by atoms with van der Waals surface area (Å²) >= 11 is 0. The largest absolute Gasteiger partial charge is 0.778 e. The minimum Gasteiger partial charge on any atom is -0.778 e. The van der Waals surface area contributed by atoms with Gasteiger partial charge < -0.3 is 28.9 Å². The number of ether oxygens (including phenoxy) is 1. The van der Waals surface area contributed by atoms with Gasteiger partial charge in [0, 0.05) is 18.6 Å². The molecule has 8 nitrogen and oxygen atoms in total. The average molecular weight is 496 g/mol. The maximum atomic E-state index is 12.2. The summed E-state index contributed by atoms with van der Waals surface area (Å²) in [5, 5.41) is 0. The van der Waals surface area contributed by atoms with Gasteiger partial charge in [0.2, 0.25) is 0 Å². The van der Waals surface area contributed by atoms with Crippen molar-refractivity contribution in [1.29, 1.82) is 0 Å². The van der Waals surface area contributed by atoms with Crippen molar-refractivity contribution in [2.75, 3.05) is 47.1 Å². The van der Waals surface area contributed by atoms with Gasteiger partial charge in [-0.3, -0.25) is 0 Å². The van der Waals surface area contributed by atoms with Crippen molar-refractivity contribution in [3.63, 3.8) is 0 Å². The van der Waals surface area contributed by atoms with E-state index in [1.807, 2.05) is 27.2 Å². The molecular weight excluding hydrogens is 451 g/mol. The Balaban J connectivity index is 1.64. The van der Waals surface area contributed by atoms with Crippen LogP contribution in [-0.4, -0.2) is 56.1 Å². The highest BCUT2D eigenvalue weighted by molar-refractivity contribution is 7.51. The molecule has 0 radical (unpaired) electrons. The first-order chi connectivity index (χ1) is 16.1. The summed E-state index contributed by atoms with van der Waals surface area (Å²) < 4.78 is 28.6. The quantitative estimate of drug-likeness (QED) is 0.200. The summed E-state index contributed by atoms with van der Waals surface area (Å²) in [5.41, 5.74) is 8.47. The maximum Gasteiger partial charge on any atom is 0.271 e. The summed E-state index contributed by atoms with van der Waals surface area (Å²) in [7, 11) is 2.30. The lowest BCUT2D eigenvalue weighted by atomic mass is 9.89. The highest BCUT2D eigenvalue weighted by Gasteiger charge is 2.26. The van der Waals surface area contributed by atoms with E-state index >= 15 is 0 Å². The van der Waals surface area contributed by atoms with Crippen LogP contribution in [0.25, 0.3) is 11.0 Å². The van der Waals surface area contributed by atoms with Crippen LogP contribution in [0.1, 0.15) is 51.3 Å². The molecule has 0 saturated heterocycles. The Labute approximate surface area is 204 Å². The summed E-state index contributed by atoms with van der Waals surface area (Å²) in [6, 6.07) is 6.08. The number of benzene rings is 1. The van der Waals surface area contributed by atoms with Crippen LogP contribution in [0.15, 0.2) is 18.2 Å². The molecule has 9 heteroatoms. The molecule has 2 aromatic rings. The molecule has 1 fully saturated rings. The van der Waals surface area contributed by atoms with Crippen molar-refractivity contribution in [2.24, 2.45) is 11.7 Å². The topological polar surface area (TPSA) is 93.4 Å². The van der Waals surface area contributed by atoms with Crippen LogP contribution in [0.3, 0.4) is 0 Å². The van der Waals surface area contributed by atoms with Crippen molar-refractivity contribution in [3.05, 3.63) is 24.0 Å². The highest BCUT2D eigenvalue weighted by Crippen LogP contribution is 2.37. The molecule has 0 spiro atoms. The van der Waals surface area contributed by atoms with Gasteiger partial charge in [0.25, 0.3) is 5.82 Å². The first kappa shape index (κ1) is 27.2. The Bertz CT molecular complexity index is 979. The lowest BCUT2D eigenvalue weighted by Gasteiger charge is -2.27. The second-order valence-corrected chi connectivity index (χ2v) is 12.4. The van der Waals surface area contributed by atoms with Crippen LogP contribution in [0, 0.1) is 5.92 Å². The van der Waals surface area contributed by atoms with Gasteiger partial charge in [-0.2, -0.15) is 0 Å². The summed E-state index contributed by atoms with van der Waals surface area (Å²) in [4.78, 5) is 12.2. The van der Waals surface area contributed by atoms with E-state index in [9.17, 15) is 9.46 Å². The van der Waals surface area contributed by atoms with Crippen LogP contribution in [-0.2, 0) is 28.7 Å². The van der Waals surface area contributed by atoms with Gasteiger partial charge in [0.1, 0.15) is 20.0 Å². The molecule has 0 aliphatic heterocycles. The number of fused-ring (bicyclic) bond motifs is 1. The molecule has 1 unspecified atom stereocenters. The van der Waals surface area contributed by atoms with E-state index in [1.54, 1.807) is 0 Å². The van der Waals surface area contributed by atoms with Crippen LogP contribution in [0.5, 0.6) is 5.75 Å². The number of rotatable bonds is 13. The van der Waals surface area contributed by atoms with E-state index in [2.05, 4.69) is 28.2 Å². The molecule has 1 aliphatic rings. The Morgan fingerprint density at radius 3 is 2.59 bits per heavy atom. The summed E-state index contributed by atoms with van der Waals surface area (Å²) in [6.45, 7) is 5.48. The van der Waals surface area contributed by atoms with Crippen LogP contribution in [0.2, 0.25) is 0 Å². The number of aryl methyl sites for hydroxylation is 1. The van der Waals surface area contributed by atoms with Crippen LogP contribution < -0.4 is 19.9 Å². The zero-order valence-corrected chi connectivity index (χ0v) is 22.4. The monoisotopic (exact) mass is 495 g/mol. The maximum absolute atomic E-state index is 12.2. The smallest absolute Gasteiger partial charge is 0.271 e. The number of nitrogens with two attached hydrogens (primary N) is 1. The molecule has 0 bridgehead atoms. The number of nitrogens with zero attached hydrogens (tertiary/aromatic N) is 3. The molecule has 1 heterocycles. The Kier molecular flexibility index (Phi) is 9.58. The molecule has 0 amide bonds. The molecule has 1 aromatic carbocycles. The normalized spacial score (nSPS) is 17.2. The van der Waals surface area contributed by atoms with E-state index in [0.29, 0.717) is 18.9 Å². The third-order valence-corrected chi connectivity index (χ3v) is 8.16. The standard InChI is InChI=1S/C25H44N4O4P/c1-5-27-23-13-12-22(32-15-16-33-34(30,31)17-9-14-29(2,3)4)18-24(23)28(25(27)19-26)20-21-10-7-6-8-11-21/h12-13,18,21H,5-11,14-17,19-20,26H2,1-4H3/q+1. The number of hydrogen-bond donors (Lipinski definition) is 1. The third-order valence-electron chi connectivity index (χ3n) is 6.72. The predicted molar refractivity (Wildman–Crippen MR) is 134 cm³/mol. The summed E-state index contributed by atoms with van der Waals surface area (Å²) in [6.07, 6.45) is 7.14. The Hall–Kier alpha value is -1.44. The molecule has 1 saturated carbocycles. The molecule has 34 heavy (non-hydrogen) atoms. The second-order valence-electron chi connectivity index (χ2n) is 10.5. The van der Waals surface area contributed by atoms with Crippen molar-refractivity contribution < 1.29 is 27.8 Å². The minimum absolute atomic E-state index is 0.0231. The second kappa shape index (κ2) is 12.0. The SMILES string of the molecule is CC[n+]1c(CN)n(CC2CCCCC2)c2cc(OCCOP(=O)([O-])CCC[N+](C)(C)C)ccc21. The first-order valence-electron chi connectivity index (χ1n) is 12.8. The fraction of sp³-hybridized carbons (Fsp3) is 0.720. The number of aromatic nitrogens is 2. The van der Waals surface area contributed by atoms with Gasteiger partial charge in [-0.05, 0) is 37.8 Å². The van der Waals surface area contributed by atoms with E-state index < -0.39 is 7.60 Å². The van der Waals surface area contributed by atoms with Crippen molar-refractivity contribution in [3.8, 4) is 5.75 Å². The van der Waals surface area contributed by atoms with Crippen molar-refractivity contribution in [2.45, 2.75) is 65.1 Å². The lowest BCUT2D eigenvalue weighted by molar-refractivity contribution is -0.870. The van der Waals surface area contributed by atoms with Gasteiger partial charge >= 0.3 is 0 Å². The van der Waals surface area contributed by atoms with E-state index in [4.69, 9.17) is 15.0 Å². The summed E-state index contributed by atoms with van der Waals surface area (Å²) in [5.74, 6) is 2.54. The lowest BCUT2D eigenvalue weighted by Crippen LogP contribution is -2.38. The molecule has 1 atom stereocenters. The fourth-order valence-electron chi connectivity index (χ4n) is 5.01. The molecule has 1 aliphatic carbocycles. The first-order valence-corrected chi connectivity index (χ1v) is 14.5. The Morgan fingerprint density at radius 1 is 1.21 bits per heavy atom. The minimum atomic E-state index is -3.84. The average Bonchev–Trinajstić information content (AvgIpc) is 3.08. The Morgan fingerprint density at radius 2 is 1.94 bits per heavy atom. The van der Waals surface area contributed by atoms with E-state index in [-0.39, 0.29) is 19.4 Å². The van der Waals surface area contributed by atoms with Gasteiger partial charge in [0.05, 0.1) is 53.9 Å². The molecule has 2 N–H and O–H groups in total. The van der Waals surface area contributed by atoms with Crippen LogP contribution >= 0.6 is 7.60 Å². The zero-order valence-electron chi connectivity index (χ0n) is 21.5. The van der Waals surface area contributed by atoms with Crippen molar-refractivity contribution >= 4 is 18.6 Å². The van der Waals surface area contributed by atoms with E-state index in [0.717, 1.165) is 46.7 Å². The third kappa shape index (κ3) is 7.53. The number of quaternary nitrogens is 1. The van der Waals surface area contributed by atoms with E-state index in [1.165, 1.54) is 32.1 Å². The van der Waals surface area contributed by atoms with Gasteiger partial charge in [-0.1, -0.05) is 19.3 Å². The van der Waals surface area contributed by atoms with Crippen molar-refractivity contribution in [1.82, 2.24) is 4.57 Å². The zero-order chi connectivity index (χ0) is 24.8. The predicted octanol–water partition coefficient (Wildman–Crippen LogP) is 3.03. The van der Waals surface area contributed by atoms with Gasteiger partial charge in [0.15, 0.2) is 11.0 Å². The highest BCUT2D eigenvalue weighted by atomic mass is 31.2. The molecule has 1 aromatic heterocycles. The fourth-order valence-corrected chi connectivity index (χ4v) is 6.02. The molecule has 3 rings (SSSR count). The number of imidazole rings is 1. The number of hydrogen-bond acceptors (Lipinski definition) is 5. The van der Waals surface area contributed by atoms with Crippen LogP contribution in [0.4, 0.5) is 0 Å². The molecule has 192 valence electrons. The van der Waals surface area contributed by atoms with Gasteiger partial charge in [-0.15, -0.1) is 0 Å². The van der Waals surface area contributed by atoms with Gasteiger partial charge in [-0.25, -0.2) is 9.13 Å². The molecular formula is C25H44N4O4P+.